The fourth-order valence-electron chi connectivity index (χ4n) is 5.73. The lowest BCUT2D eigenvalue weighted by atomic mass is 9.95. The summed E-state index contributed by atoms with van der Waals surface area (Å²) >= 11 is 0. The van der Waals surface area contributed by atoms with Crippen LogP contribution in [0.1, 0.15) is 57.5 Å². The smallest absolute Gasteiger partial charge is 0.255 e. The van der Waals surface area contributed by atoms with Gasteiger partial charge in [0.15, 0.2) is 0 Å². The molecule has 0 radical (unpaired) electrons. The molecule has 0 bridgehead atoms. The lowest BCUT2D eigenvalue weighted by Gasteiger charge is -2.28. The van der Waals surface area contributed by atoms with Crippen molar-refractivity contribution in [2.45, 2.75) is 32.2 Å². The number of benzene rings is 4. The lowest BCUT2D eigenvalue weighted by molar-refractivity contribution is -0.132. The van der Waals surface area contributed by atoms with E-state index in [9.17, 15) is 18.8 Å². The topological polar surface area (TPSA) is 91.0 Å². The number of hydrogen-bond donors (Lipinski definition) is 2. The summed E-state index contributed by atoms with van der Waals surface area (Å²) < 4.78 is 18.6. The first-order valence-electron chi connectivity index (χ1n) is 15.6. The molecule has 1 saturated heterocycles. The van der Waals surface area contributed by atoms with Crippen LogP contribution >= 0.6 is 0 Å². The standard InChI is InChI=1S/C37H39FN4O4/c1-3-32(27-8-5-4-6-9-27)37(45)42-21-7-20-41(22-23-42)34-19-16-30(40-35(43)28-12-17-31(46-2)18-13-28)24-33(34)36(44)39-25-26-10-14-29(38)15-11-26/h4-6,8-19,24,32H,3,7,20-23,25H2,1-2H3,(H,39,44)(H,40,43)/t32-/m1/s1. The van der Waals surface area contributed by atoms with Gasteiger partial charge in [-0.1, -0.05) is 49.4 Å². The Balaban J connectivity index is 1.35. The molecule has 0 unspecified atom stereocenters. The Morgan fingerprint density at radius 2 is 1.59 bits per heavy atom. The highest BCUT2D eigenvalue weighted by molar-refractivity contribution is 6.06. The predicted molar refractivity (Wildman–Crippen MR) is 178 cm³/mol. The fourth-order valence-corrected chi connectivity index (χ4v) is 5.73. The van der Waals surface area contributed by atoms with Crippen LogP contribution in [0.3, 0.4) is 0 Å². The molecule has 5 rings (SSSR count). The normalized spacial score (nSPS) is 13.8. The van der Waals surface area contributed by atoms with Gasteiger partial charge in [-0.3, -0.25) is 14.4 Å². The molecule has 0 aromatic heterocycles. The molecule has 46 heavy (non-hydrogen) atoms. The second kappa shape index (κ2) is 15.2. The van der Waals surface area contributed by atoms with Crippen LogP contribution in [-0.2, 0) is 11.3 Å². The van der Waals surface area contributed by atoms with Crippen LogP contribution in [0.25, 0.3) is 0 Å². The van der Waals surface area contributed by atoms with Crippen molar-refractivity contribution in [2.75, 3.05) is 43.5 Å². The van der Waals surface area contributed by atoms with E-state index >= 15 is 0 Å². The highest BCUT2D eigenvalue weighted by Gasteiger charge is 2.27. The molecule has 3 amide bonds. The van der Waals surface area contributed by atoms with Gasteiger partial charge >= 0.3 is 0 Å². The number of hydrogen-bond acceptors (Lipinski definition) is 5. The van der Waals surface area contributed by atoms with Crippen molar-refractivity contribution < 1.29 is 23.5 Å². The monoisotopic (exact) mass is 622 g/mol. The number of nitrogens with zero attached hydrogens (tertiary/aromatic N) is 2. The average Bonchev–Trinajstić information content (AvgIpc) is 3.35. The van der Waals surface area contributed by atoms with Crippen molar-refractivity contribution in [3.05, 3.63) is 125 Å². The fraction of sp³-hybridized carbons (Fsp3) is 0.270. The molecule has 9 heteroatoms. The summed E-state index contributed by atoms with van der Waals surface area (Å²) in [6, 6.07) is 27.9. The lowest BCUT2D eigenvalue weighted by Crippen LogP contribution is -2.38. The Bertz CT molecular complexity index is 1640. The van der Waals surface area contributed by atoms with Gasteiger partial charge < -0.3 is 25.2 Å². The van der Waals surface area contributed by atoms with Crippen molar-refractivity contribution in [1.29, 1.82) is 0 Å². The molecular formula is C37H39FN4O4. The maximum absolute atomic E-state index is 13.7. The van der Waals surface area contributed by atoms with E-state index in [1.165, 1.54) is 12.1 Å². The molecule has 1 aliphatic rings. The molecule has 4 aromatic carbocycles. The summed E-state index contributed by atoms with van der Waals surface area (Å²) in [6.45, 7) is 4.59. The summed E-state index contributed by atoms with van der Waals surface area (Å²) in [5.41, 5.74) is 3.80. The van der Waals surface area contributed by atoms with Gasteiger partial charge in [0.25, 0.3) is 11.8 Å². The summed E-state index contributed by atoms with van der Waals surface area (Å²) in [4.78, 5) is 44.4. The third kappa shape index (κ3) is 7.90. The zero-order chi connectivity index (χ0) is 32.5. The number of ether oxygens (including phenoxy) is 1. The Hall–Kier alpha value is -5.18. The summed E-state index contributed by atoms with van der Waals surface area (Å²) in [5.74, 6) is -0.434. The zero-order valence-electron chi connectivity index (χ0n) is 26.2. The van der Waals surface area contributed by atoms with Crippen LogP contribution < -0.4 is 20.3 Å². The second-order valence-corrected chi connectivity index (χ2v) is 11.3. The number of rotatable bonds is 10. The molecule has 1 aliphatic heterocycles. The number of anilines is 2. The minimum atomic E-state index is -0.347. The van der Waals surface area contributed by atoms with Crippen LogP contribution in [0, 0.1) is 5.82 Å². The molecule has 1 heterocycles. The molecule has 4 aromatic rings. The number of nitrogens with one attached hydrogen (secondary N) is 2. The first-order chi connectivity index (χ1) is 22.4. The van der Waals surface area contributed by atoms with Crippen molar-refractivity contribution in [2.24, 2.45) is 0 Å². The van der Waals surface area contributed by atoms with Gasteiger partial charge in [-0.2, -0.15) is 0 Å². The Kier molecular flexibility index (Phi) is 10.7. The average molecular weight is 623 g/mol. The van der Waals surface area contributed by atoms with Crippen molar-refractivity contribution in [1.82, 2.24) is 10.2 Å². The second-order valence-electron chi connectivity index (χ2n) is 11.3. The van der Waals surface area contributed by atoms with Crippen LogP contribution in [0.4, 0.5) is 15.8 Å². The largest absolute Gasteiger partial charge is 0.497 e. The number of carbonyl (C=O) groups is 3. The Morgan fingerprint density at radius 1 is 0.848 bits per heavy atom. The van der Waals surface area contributed by atoms with Crippen molar-refractivity contribution in [3.8, 4) is 5.75 Å². The van der Waals surface area contributed by atoms with E-state index < -0.39 is 0 Å². The van der Waals surface area contributed by atoms with Gasteiger partial charge in [-0.05, 0) is 78.6 Å². The summed E-state index contributed by atoms with van der Waals surface area (Å²) in [7, 11) is 1.56. The van der Waals surface area contributed by atoms with Gasteiger partial charge in [0.05, 0.1) is 18.6 Å². The predicted octanol–water partition coefficient (Wildman–Crippen LogP) is 6.25. The van der Waals surface area contributed by atoms with E-state index in [0.717, 1.165) is 17.5 Å². The first-order valence-corrected chi connectivity index (χ1v) is 15.6. The number of carbonyl (C=O) groups excluding carboxylic acids is 3. The molecule has 1 atom stereocenters. The van der Waals surface area contributed by atoms with Crippen molar-refractivity contribution >= 4 is 29.1 Å². The highest BCUT2D eigenvalue weighted by atomic mass is 19.1. The van der Waals surface area contributed by atoms with Crippen molar-refractivity contribution in [3.63, 3.8) is 0 Å². The molecular weight excluding hydrogens is 583 g/mol. The molecule has 8 nitrogen and oxygen atoms in total. The van der Waals surface area contributed by atoms with E-state index in [1.807, 2.05) is 48.2 Å². The minimum absolute atomic E-state index is 0.115. The van der Waals surface area contributed by atoms with E-state index in [2.05, 4.69) is 15.5 Å². The molecule has 0 spiro atoms. The zero-order valence-corrected chi connectivity index (χ0v) is 26.2. The van der Waals surface area contributed by atoms with E-state index in [0.29, 0.717) is 60.9 Å². The molecule has 1 fully saturated rings. The Labute approximate surface area is 269 Å². The van der Waals surface area contributed by atoms with Crippen LogP contribution in [0.2, 0.25) is 0 Å². The molecule has 238 valence electrons. The van der Waals surface area contributed by atoms with E-state index in [-0.39, 0.29) is 36.0 Å². The number of halogens is 1. The van der Waals surface area contributed by atoms with Gasteiger partial charge in [-0.15, -0.1) is 0 Å². The number of amides is 3. The third-order valence-electron chi connectivity index (χ3n) is 8.27. The van der Waals surface area contributed by atoms with Gasteiger partial charge in [0.2, 0.25) is 5.91 Å². The number of methoxy groups -OCH3 is 1. The first kappa shape index (κ1) is 32.2. The van der Waals surface area contributed by atoms with Crippen LogP contribution in [0.5, 0.6) is 5.75 Å². The molecule has 2 N–H and O–H groups in total. The summed E-state index contributed by atoms with van der Waals surface area (Å²) in [5, 5.41) is 5.84. The van der Waals surface area contributed by atoms with E-state index in [1.54, 1.807) is 55.6 Å². The van der Waals surface area contributed by atoms with Gasteiger partial charge in [0, 0.05) is 49.7 Å². The van der Waals surface area contributed by atoms with Crippen LogP contribution in [0.15, 0.2) is 97.1 Å². The Morgan fingerprint density at radius 3 is 2.28 bits per heavy atom. The maximum Gasteiger partial charge on any atom is 0.255 e. The highest BCUT2D eigenvalue weighted by Crippen LogP contribution is 2.28. The quantitative estimate of drug-likeness (QED) is 0.218. The van der Waals surface area contributed by atoms with E-state index in [4.69, 9.17) is 4.74 Å². The summed E-state index contributed by atoms with van der Waals surface area (Å²) in [6.07, 6.45) is 1.45. The SMILES string of the molecule is CC[C@@H](C(=O)N1CCCN(c2ccc(NC(=O)c3ccc(OC)cc3)cc2C(=O)NCc2ccc(F)cc2)CC1)c1ccccc1. The molecule has 0 aliphatic carbocycles. The minimum Gasteiger partial charge on any atom is -0.497 e. The maximum atomic E-state index is 13.7. The third-order valence-corrected chi connectivity index (χ3v) is 8.27. The van der Waals surface area contributed by atoms with Crippen LogP contribution in [-0.4, -0.2) is 55.9 Å². The van der Waals surface area contributed by atoms with Gasteiger partial charge in [-0.25, -0.2) is 4.39 Å². The molecule has 0 saturated carbocycles. The van der Waals surface area contributed by atoms with Gasteiger partial charge in [0.1, 0.15) is 11.6 Å².